The van der Waals surface area contributed by atoms with E-state index in [1.54, 1.807) is 24.3 Å². The van der Waals surface area contributed by atoms with Gasteiger partial charge in [0, 0.05) is 45.7 Å². The van der Waals surface area contributed by atoms with E-state index in [0.717, 1.165) is 19.6 Å². The smallest absolute Gasteiger partial charge is 0.328 e. The Morgan fingerprint density at radius 2 is 1.65 bits per heavy atom. The van der Waals surface area contributed by atoms with Crippen LogP contribution in [0.15, 0.2) is 70.3 Å². The van der Waals surface area contributed by atoms with E-state index in [0.29, 0.717) is 24.0 Å². The topological polar surface area (TPSA) is 78.4 Å². The molecule has 160 valence electrons. The second-order valence-electron chi connectivity index (χ2n) is 7.67. The second-order valence-corrected chi connectivity index (χ2v) is 7.67. The fourth-order valence-electron chi connectivity index (χ4n) is 3.91. The highest BCUT2D eigenvalue weighted by Gasteiger charge is 2.20. The van der Waals surface area contributed by atoms with Gasteiger partial charge in [-0.2, -0.15) is 0 Å². The average Bonchev–Trinajstić information content (AvgIpc) is 2.80. The molecule has 1 aliphatic heterocycles. The molecule has 3 aromatic rings. The van der Waals surface area contributed by atoms with E-state index < -0.39 is 11.2 Å². The molecule has 0 saturated carbocycles. The number of piperazine rings is 1. The maximum absolute atomic E-state index is 12.7. The van der Waals surface area contributed by atoms with Gasteiger partial charge in [0.25, 0.3) is 5.56 Å². The molecule has 7 nitrogen and oxygen atoms in total. The van der Waals surface area contributed by atoms with Crippen LogP contribution in [0.1, 0.15) is 12.0 Å². The lowest BCUT2D eigenvalue weighted by molar-refractivity contribution is -0.133. The number of nitrogens with one attached hydrogen (secondary N) is 1. The second kappa shape index (κ2) is 9.57. The number of carbonyl (C=O) groups excluding carboxylic acids is 1. The molecule has 0 unspecified atom stereocenters. The molecule has 1 N–H and O–H groups in total. The van der Waals surface area contributed by atoms with E-state index >= 15 is 0 Å². The van der Waals surface area contributed by atoms with Crippen molar-refractivity contribution in [3.63, 3.8) is 0 Å². The van der Waals surface area contributed by atoms with E-state index in [2.05, 4.69) is 34.2 Å². The molecule has 0 bridgehead atoms. The molecule has 7 heteroatoms. The van der Waals surface area contributed by atoms with Crippen molar-refractivity contribution in [2.24, 2.45) is 0 Å². The number of aryl methyl sites for hydroxylation is 1. The summed E-state index contributed by atoms with van der Waals surface area (Å²) < 4.78 is 1.47. The molecule has 2 heterocycles. The highest BCUT2D eigenvalue weighted by Crippen LogP contribution is 2.09. The molecule has 1 saturated heterocycles. The van der Waals surface area contributed by atoms with Crippen LogP contribution in [0.4, 0.5) is 0 Å². The summed E-state index contributed by atoms with van der Waals surface area (Å²) in [7, 11) is 0. The standard InChI is InChI=1S/C24H26N4O3/c29-22(12-14-28-21-11-5-4-10-20(21)23(30)25-24(28)31)27-17-15-26(16-18-27)13-6-9-19-7-2-1-3-8-19/h1-11H,12-18H2,(H,25,30,31)/b9-6+. The fourth-order valence-corrected chi connectivity index (χ4v) is 3.91. The van der Waals surface area contributed by atoms with E-state index in [1.165, 1.54) is 10.1 Å². The predicted octanol–water partition coefficient (Wildman–Crippen LogP) is 1.94. The van der Waals surface area contributed by atoms with Gasteiger partial charge >= 0.3 is 5.69 Å². The molecule has 0 radical (unpaired) electrons. The Morgan fingerprint density at radius 1 is 0.935 bits per heavy atom. The molecule has 1 amide bonds. The first-order valence-electron chi connectivity index (χ1n) is 10.6. The van der Waals surface area contributed by atoms with Crippen LogP contribution in [0.25, 0.3) is 17.0 Å². The average molecular weight is 418 g/mol. The van der Waals surface area contributed by atoms with Crippen LogP contribution in [0.2, 0.25) is 0 Å². The van der Waals surface area contributed by atoms with Crippen molar-refractivity contribution >= 4 is 22.9 Å². The summed E-state index contributed by atoms with van der Waals surface area (Å²) in [5.41, 5.74) is 0.854. The molecule has 0 aliphatic carbocycles. The normalized spacial score (nSPS) is 15.0. The van der Waals surface area contributed by atoms with Gasteiger partial charge < -0.3 is 4.90 Å². The number of hydrogen-bond donors (Lipinski definition) is 1. The molecular formula is C24H26N4O3. The maximum Gasteiger partial charge on any atom is 0.328 e. The van der Waals surface area contributed by atoms with Gasteiger partial charge in [0.05, 0.1) is 10.9 Å². The van der Waals surface area contributed by atoms with Crippen molar-refractivity contribution in [3.8, 4) is 0 Å². The Balaban J connectivity index is 1.30. The van der Waals surface area contributed by atoms with Crippen molar-refractivity contribution in [2.45, 2.75) is 13.0 Å². The molecule has 4 rings (SSSR count). The maximum atomic E-state index is 12.7. The van der Waals surface area contributed by atoms with Crippen LogP contribution in [-0.2, 0) is 11.3 Å². The summed E-state index contributed by atoms with van der Waals surface area (Å²) in [6, 6.07) is 17.1. The first-order valence-corrected chi connectivity index (χ1v) is 10.6. The van der Waals surface area contributed by atoms with Gasteiger partial charge in [-0.25, -0.2) is 4.79 Å². The summed E-state index contributed by atoms with van der Waals surface area (Å²) in [5.74, 6) is 0.0293. The molecule has 2 aromatic carbocycles. The van der Waals surface area contributed by atoms with Gasteiger partial charge in [-0.1, -0.05) is 54.6 Å². The number of fused-ring (bicyclic) bond motifs is 1. The van der Waals surface area contributed by atoms with Crippen LogP contribution in [0.5, 0.6) is 0 Å². The van der Waals surface area contributed by atoms with Crippen LogP contribution < -0.4 is 11.2 Å². The number of aromatic amines is 1. The van der Waals surface area contributed by atoms with Crippen molar-refractivity contribution in [2.75, 3.05) is 32.7 Å². The third-order valence-electron chi connectivity index (χ3n) is 5.65. The predicted molar refractivity (Wildman–Crippen MR) is 122 cm³/mol. The number of rotatable bonds is 6. The Labute approximate surface area is 180 Å². The number of hydrogen-bond acceptors (Lipinski definition) is 4. The van der Waals surface area contributed by atoms with E-state index in [4.69, 9.17) is 0 Å². The van der Waals surface area contributed by atoms with Gasteiger partial charge in [0.15, 0.2) is 0 Å². The van der Waals surface area contributed by atoms with Crippen molar-refractivity contribution < 1.29 is 4.79 Å². The Kier molecular flexibility index (Phi) is 6.43. The largest absolute Gasteiger partial charge is 0.340 e. The molecule has 31 heavy (non-hydrogen) atoms. The van der Waals surface area contributed by atoms with Crippen LogP contribution in [0.3, 0.4) is 0 Å². The lowest BCUT2D eigenvalue weighted by Gasteiger charge is -2.34. The number of H-pyrrole nitrogens is 1. The Bertz CT molecular complexity index is 1190. The zero-order chi connectivity index (χ0) is 21.6. The minimum absolute atomic E-state index is 0.0293. The number of amides is 1. The summed E-state index contributed by atoms with van der Waals surface area (Å²) in [5, 5.41) is 0.451. The first-order chi connectivity index (χ1) is 15.1. The fraction of sp³-hybridized carbons (Fsp3) is 0.292. The van der Waals surface area contributed by atoms with Gasteiger partial charge in [0.2, 0.25) is 5.91 Å². The SMILES string of the molecule is O=C(CCn1c(=O)[nH]c(=O)c2ccccc21)N1CCN(C/C=C/c2ccccc2)CC1. The third-order valence-corrected chi connectivity index (χ3v) is 5.65. The van der Waals surface area contributed by atoms with Crippen molar-refractivity contribution in [1.82, 2.24) is 19.4 Å². The molecule has 0 spiro atoms. The van der Waals surface area contributed by atoms with Gasteiger partial charge in [-0.3, -0.25) is 24.0 Å². The molecule has 1 aliphatic rings. The minimum Gasteiger partial charge on any atom is -0.340 e. The van der Waals surface area contributed by atoms with E-state index in [-0.39, 0.29) is 18.9 Å². The number of aromatic nitrogens is 2. The third kappa shape index (κ3) is 5.00. The molecular weight excluding hydrogens is 392 g/mol. The lowest BCUT2D eigenvalue weighted by atomic mass is 10.2. The lowest BCUT2D eigenvalue weighted by Crippen LogP contribution is -2.48. The monoisotopic (exact) mass is 418 g/mol. The minimum atomic E-state index is -0.480. The Morgan fingerprint density at radius 3 is 2.42 bits per heavy atom. The number of carbonyl (C=O) groups is 1. The van der Waals surface area contributed by atoms with Crippen molar-refractivity contribution in [3.05, 3.63) is 87.1 Å². The molecule has 1 aromatic heterocycles. The zero-order valence-electron chi connectivity index (χ0n) is 17.4. The van der Waals surface area contributed by atoms with Crippen molar-refractivity contribution in [1.29, 1.82) is 0 Å². The zero-order valence-corrected chi connectivity index (χ0v) is 17.4. The number of para-hydroxylation sites is 1. The summed E-state index contributed by atoms with van der Waals surface area (Å²) in [6.45, 7) is 4.11. The summed E-state index contributed by atoms with van der Waals surface area (Å²) in [4.78, 5) is 43.4. The highest BCUT2D eigenvalue weighted by molar-refractivity contribution is 5.79. The summed E-state index contributed by atoms with van der Waals surface area (Å²) in [6.07, 6.45) is 4.49. The van der Waals surface area contributed by atoms with E-state index in [1.807, 2.05) is 23.1 Å². The van der Waals surface area contributed by atoms with Gasteiger partial charge in [-0.05, 0) is 17.7 Å². The first kappa shape index (κ1) is 20.8. The molecule has 1 fully saturated rings. The van der Waals surface area contributed by atoms with E-state index in [9.17, 15) is 14.4 Å². The number of benzene rings is 2. The Hall–Kier alpha value is -3.45. The van der Waals surface area contributed by atoms with Crippen LogP contribution in [0, 0.1) is 0 Å². The molecule has 0 atom stereocenters. The van der Waals surface area contributed by atoms with Gasteiger partial charge in [0.1, 0.15) is 0 Å². The van der Waals surface area contributed by atoms with Crippen LogP contribution in [-0.4, -0.2) is 58.0 Å². The van der Waals surface area contributed by atoms with Crippen LogP contribution >= 0.6 is 0 Å². The summed E-state index contributed by atoms with van der Waals surface area (Å²) >= 11 is 0. The van der Waals surface area contributed by atoms with Gasteiger partial charge in [-0.15, -0.1) is 0 Å². The quantitative estimate of drug-likeness (QED) is 0.664. The number of nitrogens with zero attached hydrogens (tertiary/aromatic N) is 3. The highest BCUT2D eigenvalue weighted by atomic mass is 16.2.